The van der Waals surface area contributed by atoms with Crippen LogP contribution in [0.1, 0.15) is 15.9 Å². The molecule has 0 aliphatic rings. The Bertz CT molecular complexity index is 519. The molecule has 0 bridgehead atoms. The van der Waals surface area contributed by atoms with Crippen molar-refractivity contribution < 1.29 is 9.90 Å². The van der Waals surface area contributed by atoms with E-state index in [1.807, 2.05) is 6.92 Å². The summed E-state index contributed by atoms with van der Waals surface area (Å²) in [7, 11) is 0. The van der Waals surface area contributed by atoms with Crippen molar-refractivity contribution in [2.45, 2.75) is 6.92 Å². The molecule has 5 heteroatoms. The minimum atomic E-state index is -0.939. The summed E-state index contributed by atoms with van der Waals surface area (Å²) in [6.45, 7) is 1.91. The van der Waals surface area contributed by atoms with Crippen LogP contribution in [0.5, 0.6) is 0 Å². The standard InChI is InChI=1S/C9H7BrN2O2/c1-5-7(10)3-11-12-4-6(9(13)14)2-8(5)12/h2-4H,1H3,(H,13,14). The predicted molar refractivity (Wildman–Crippen MR) is 54.6 cm³/mol. The number of aromatic nitrogens is 2. The number of carbonyl (C=O) groups is 1. The van der Waals surface area contributed by atoms with Crippen molar-refractivity contribution in [2.75, 3.05) is 0 Å². The zero-order valence-corrected chi connectivity index (χ0v) is 8.95. The molecule has 0 atom stereocenters. The van der Waals surface area contributed by atoms with Gasteiger partial charge in [-0.3, -0.25) is 0 Å². The van der Waals surface area contributed by atoms with Crippen LogP contribution in [0.2, 0.25) is 0 Å². The first-order valence-corrected chi connectivity index (χ1v) is 4.75. The molecule has 0 fully saturated rings. The van der Waals surface area contributed by atoms with Gasteiger partial charge in [0.05, 0.1) is 17.3 Å². The Kier molecular flexibility index (Phi) is 2.03. The summed E-state index contributed by atoms with van der Waals surface area (Å²) >= 11 is 3.34. The minimum absolute atomic E-state index is 0.249. The first-order valence-electron chi connectivity index (χ1n) is 3.96. The molecule has 2 aromatic rings. The Balaban J connectivity index is 2.77. The SMILES string of the molecule is Cc1c(Br)cnn2cc(C(=O)O)cc12. The van der Waals surface area contributed by atoms with Gasteiger partial charge >= 0.3 is 5.97 Å². The van der Waals surface area contributed by atoms with Crippen LogP contribution in [-0.2, 0) is 0 Å². The average molecular weight is 255 g/mol. The number of carboxylic acid groups (broad SMARTS) is 1. The second-order valence-corrected chi connectivity index (χ2v) is 3.84. The molecule has 2 heterocycles. The largest absolute Gasteiger partial charge is 0.478 e. The van der Waals surface area contributed by atoms with E-state index in [-0.39, 0.29) is 5.56 Å². The van der Waals surface area contributed by atoms with Crippen molar-refractivity contribution in [3.05, 3.63) is 34.1 Å². The Hall–Kier alpha value is -1.36. The lowest BCUT2D eigenvalue weighted by Gasteiger charge is -1.99. The fraction of sp³-hybridized carbons (Fsp3) is 0.111. The lowest BCUT2D eigenvalue weighted by molar-refractivity contribution is 0.0697. The lowest BCUT2D eigenvalue weighted by atomic mass is 10.2. The first-order chi connectivity index (χ1) is 6.59. The van der Waals surface area contributed by atoms with E-state index in [2.05, 4.69) is 21.0 Å². The van der Waals surface area contributed by atoms with Crippen LogP contribution >= 0.6 is 15.9 Å². The maximum Gasteiger partial charge on any atom is 0.337 e. The Morgan fingerprint density at radius 3 is 3.00 bits per heavy atom. The van der Waals surface area contributed by atoms with Crippen molar-refractivity contribution in [1.82, 2.24) is 9.61 Å². The topological polar surface area (TPSA) is 54.6 Å². The van der Waals surface area contributed by atoms with Gasteiger partial charge in [-0.1, -0.05) is 0 Å². The van der Waals surface area contributed by atoms with E-state index in [1.165, 1.54) is 6.20 Å². The normalized spacial score (nSPS) is 10.7. The number of halogens is 1. The molecule has 0 unspecified atom stereocenters. The van der Waals surface area contributed by atoms with Gasteiger partial charge in [0.15, 0.2) is 0 Å². The molecule has 14 heavy (non-hydrogen) atoms. The molecule has 1 N–H and O–H groups in total. The van der Waals surface area contributed by atoms with Crippen molar-refractivity contribution in [2.24, 2.45) is 0 Å². The summed E-state index contributed by atoms with van der Waals surface area (Å²) in [4.78, 5) is 10.7. The molecule has 0 saturated heterocycles. The Morgan fingerprint density at radius 2 is 2.36 bits per heavy atom. The van der Waals surface area contributed by atoms with Gasteiger partial charge in [-0.05, 0) is 34.5 Å². The van der Waals surface area contributed by atoms with Crippen LogP contribution in [0.25, 0.3) is 5.52 Å². The van der Waals surface area contributed by atoms with Crippen LogP contribution in [-0.4, -0.2) is 20.7 Å². The van der Waals surface area contributed by atoms with Crippen LogP contribution in [0, 0.1) is 6.92 Å². The van der Waals surface area contributed by atoms with Crippen LogP contribution in [0.4, 0.5) is 0 Å². The highest BCUT2D eigenvalue weighted by molar-refractivity contribution is 9.10. The third-order valence-electron chi connectivity index (χ3n) is 2.09. The molecule has 2 aromatic heterocycles. The molecule has 0 amide bonds. The van der Waals surface area contributed by atoms with Gasteiger partial charge in [0.25, 0.3) is 0 Å². The average Bonchev–Trinajstić information content (AvgIpc) is 2.56. The van der Waals surface area contributed by atoms with E-state index in [0.717, 1.165) is 15.6 Å². The van der Waals surface area contributed by atoms with Gasteiger partial charge in [0, 0.05) is 10.7 Å². The summed E-state index contributed by atoms with van der Waals surface area (Å²) in [5.41, 5.74) is 2.03. The van der Waals surface area contributed by atoms with E-state index in [1.54, 1.807) is 16.8 Å². The first kappa shape index (κ1) is 9.21. The smallest absolute Gasteiger partial charge is 0.337 e. The summed E-state index contributed by atoms with van der Waals surface area (Å²) < 4.78 is 2.43. The monoisotopic (exact) mass is 254 g/mol. The van der Waals surface area contributed by atoms with Gasteiger partial charge in [-0.25, -0.2) is 9.31 Å². The van der Waals surface area contributed by atoms with Crippen LogP contribution in [0.3, 0.4) is 0 Å². The molecule has 0 saturated carbocycles. The molecule has 0 radical (unpaired) electrons. The number of carboxylic acids is 1. The van der Waals surface area contributed by atoms with E-state index >= 15 is 0 Å². The van der Waals surface area contributed by atoms with Gasteiger partial charge in [-0.15, -0.1) is 0 Å². The third kappa shape index (κ3) is 1.29. The maximum atomic E-state index is 10.7. The second kappa shape index (κ2) is 3.09. The molecular weight excluding hydrogens is 248 g/mol. The molecule has 0 aliphatic carbocycles. The van der Waals surface area contributed by atoms with Gasteiger partial charge in [-0.2, -0.15) is 5.10 Å². The molecule has 4 nitrogen and oxygen atoms in total. The lowest BCUT2D eigenvalue weighted by Crippen LogP contribution is -1.93. The van der Waals surface area contributed by atoms with E-state index in [4.69, 9.17) is 5.11 Å². The minimum Gasteiger partial charge on any atom is -0.478 e. The van der Waals surface area contributed by atoms with E-state index in [9.17, 15) is 4.79 Å². The maximum absolute atomic E-state index is 10.7. The number of fused-ring (bicyclic) bond motifs is 1. The third-order valence-corrected chi connectivity index (χ3v) is 2.88. The molecule has 2 rings (SSSR count). The molecular formula is C9H7BrN2O2. The second-order valence-electron chi connectivity index (χ2n) is 2.98. The highest BCUT2D eigenvalue weighted by Gasteiger charge is 2.09. The number of hydrogen-bond donors (Lipinski definition) is 1. The predicted octanol–water partition coefficient (Wildman–Crippen LogP) is 2.10. The van der Waals surface area contributed by atoms with E-state index < -0.39 is 5.97 Å². The van der Waals surface area contributed by atoms with Crippen molar-refractivity contribution in [3.63, 3.8) is 0 Å². The summed E-state index contributed by atoms with van der Waals surface area (Å²) in [5.74, 6) is -0.939. The zero-order valence-electron chi connectivity index (χ0n) is 7.36. The molecule has 0 aromatic carbocycles. The highest BCUT2D eigenvalue weighted by atomic mass is 79.9. The Morgan fingerprint density at radius 1 is 1.64 bits per heavy atom. The van der Waals surface area contributed by atoms with Gasteiger partial charge in [0.1, 0.15) is 0 Å². The van der Waals surface area contributed by atoms with Gasteiger partial charge in [0.2, 0.25) is 0 Å². The fourth-order valence-electron chi connectivity index (χ4n) is 1.28. The van der Waals surface area contributed by atoms with Crippen LogP contribution in [0.15, 0.2) is 22.9 Å². The van der Waals surface area contributed by atoms with E-state index in [0.29, 0.717) is 0 Å². The summed E-state index contributed by atoms with van der Waals surface area (Å²) in [5, 5.41) is 12.8. The number of rotatable bonds is 1. The number of hydrogen-bond acceptors (Lipinski definition) is 2. The summed E-state index contributed by atoms with van der Waals surface area (Å²) in [6.07, 6.45) is 3.14. The van der Waals surface area contributed by atoms with Crippen molar-refractivity contribution >= 4 is 27.4 Å². The summed E-state index contributed by atoms with van der Waals surface area (Å²) in [6, 6.07) is 1.61. The quantitative estimate of drug-likeness (QED) is 0.848. The molecule has 0 aliphatic heterocycles. The van der Waals surface area contributed by atoms with Crippen LogP contribution < -0.4 is 0 Å². The molecule has 0 spiro atoms. The zero-order chi connectivity index (χ0) is 10.3. The van der Waals surface area contributed by atoms with Crippen molar-refractivity contribution in [3.8, 4) is 0 Å². The Labute approximate surface area is 88.3 Å². The van der Waals surface area contributed by atoms with Crippen molar-refractivity contribution in [1.29, 1.82) is 0 Å². The highest BCUT2D eigenvalue weighted by Crippen LogP contribution is 2.20. The number of nitrogens with zero attached hydrogens (tertiary/aromatic N) is 2. The molecule has 72 valence electrons. The fourth-order valence-corrected chi connectivity index (χ4v) is 1.57. The number of aryl methyl sites for hydroxylation is 1. The number of aromatic carboxylic acids is 1. The van der Waals surface area contributed by atoms with Gasteiger partial charge < -0.3 is 5.11 Å².